The highest BCUT2D eigenvalue weighted by Gasteiger charge is 2.29. The Morgan fingerprint density at radius 1 is 1.38 bits per heavy atom. The fourth-order valence-corrected chi connectivity index (χ4v) is 1.28. The van der Waals surface area contributed by atoms with E-state index in [1.54, 1.807) is 0 Å². The molecule has 2 aliphatic rings. The van der Waals surface area contributed by atoms with Gasteiger partial charge in [-0.05, 0) is 6.08 Å². The Labute approximate surface area is 73.0 Å². The van der Waals surface area contributed by atoms with Gasteiger partial charge in [0.15, 0.2) is 5.78 Å². The van der Waals surface area contributed by atoms with Crippen molar-refractivity contribution >= 4 is 11.5 Å². The molecule has 0 N–H and O–H groups in total. The molecule has 1 heterocycles. The number of carbonyl (C=O) groups is 1. The molecule has 1 unspecified atom stereocenters. The second-order valence-electron chi connectivity index (χ2n) is 2.75. The van der Waals surface area contributed by atoms with Gasteiger partial charge in [-0.3, -0.25) is 9.79 Å². The second kappa shape index (κ2) is 2.73. The number of hydrogen-bond donors (Lipinski definition) is 0. The second-order valence-corrected chi connectivity index (χ2v) is 2.75. The summed E-state index contributed by atoms with van der Waals surface area (Å²) in [6, 6.07) is 0. The van der Waals surface area contributed by atoms with E-state index in [0.717, 1.165) is 12.2 Å². The van der Waals surface area contributed by atoms with E-state index in [0.29, 0.717) is 0 Å². The predicted octanol–water partition coefficient (Wildman–Crippen LogP) is 1.86. The maximum absolute atomic E-state index is 13.0. The van der Waals surface area contributed by atoms with Crippen LogP contribution in [0.15, 0.2) is 41.1 Å². The minimum atomic E-state index is -0.880. The van der Waals surface area contributed by atoms with Gasteiger partial charge in [0.25, 0.3) is 0 Å². The maximum Gasteiger partial charge on any atom is 0.170 e. The molecule has 0 aromatic heterocycles. The van der Waals surface area contributed by atoms with E-state index in [1.807, 2.05) is 0 Å². The largest absolute Gasteiger partial charge is 0.294 e. The molecule has 0 spiro atoms. The summed E-state index contributed by atoms with van der Waals surface area (Å²) in [5.74, 6) is -2.73. The van der Waals surface area contributed by atoms with E-state index in [4.69, 9.17) is 0 Å². The number of allylic oxidation sites excluding steroid dienone is 5. The fraction of sp³-hybridized carbons (Fsp3) is 0.111. The van der Waals surface area contributed by atoms with E-state index in [9.17, 15) is 13.6 Å². The summed E-state index contributed by atoms with van der Waals surface area (Å²) >= 11 is 0. The van der Waals surface area contributed by atoms with Crippen LogP contribution in [0.2, 0.25) is 0 Å². The lowest BCUT2D eigenvalue weighted by atomic mass is 9.91. The molecule has 1 aliphatic carbocycles. The lowest BCUT2D eigenvalue weighted by molar-refractivity contribution is -0.115. The van der Waals surface area contributed by atoms with Crippen molar-refractivity contribution in [3.8, 4) is 0 Å². The molecule has 1 aliphatic heterocycles. The van der Waals surface area contributed by atoms with Crippen LogP contribution >= 0.6 is 0 Å². The molecule has 0 aromatic carbocycles. The number of aliphatic imine (C=N–C) groups is 1. The number of ketones is 1. The molecular weight excluding hydrogens is 176 g/mol. The van der Waals surface area contributed by atoms with Gasteiger partial charge in [-0.2, -0.15) is 0 Å². The highest BCUT2D eigenvalue weighted by atomic mass is 19.1. The molecule has 0 saturated carbocycles. The van der Waals surface area contributed by atoms with E-state index in [-0.39, 0.29) is 11.5 Å². The fourth-order valence-electron chi connectivity index (χ4n) is 1.28. The van der Waals surface area contributed by atoms with E-state index in [1.165, 1.54) is 12.3 Å². The molecule has 0 radical (unpaired) electrons. The summed E-state index contributed by atoms with van der Waals surface area (Å²) < 4.78 is 25.7. The van der Waals surface area contributed by atoms with E-state index in [2.05, 4.69) is 4.99 Å². The summed E-state index contributed by atoms with van der Waals surface area (Å²) in [6.07, 6.45) is 4.21. The zero-order valence-electron chi connectivity index (χ0n) is 6.50. The first-order valence-electron chi connectivity index (χ1n) is 3.71. The van der Waals surface area contributed by atoms with Crippen LogP contribution in [0, 0.1) is 5.92 Å². The van der Waals surface area contributed by atoms with Crippen molar-refractivity contribution in [1.82, 2.24) is 0 Å². The molecule has 0 aromatic rings. The average Bonchev–Trinajstić information content (AvgIpc) is 2.07. The standard InChI is InChI=1S/C9H5F2NO/c10-5-3-6-8(13)1-2-12-9(6)7(11)4-5/h1-4,6H. The van der Waals surface area contributed by atoms with Crippen LogP contribution in [-0.4, -0.2) is 11.5 Å². The topological polar surface area (TPSA) is 29.4 Å². The first kappa shape index (κ1) is 8.04. The number of hydrogen-bond acceptors (Lipinski definition) is 2. The number of carbonyl (C=O) groups excluding carboxylic acids is 1. The van der Waals surface area contributed by atoms with Crippen LogP contribution in [-0.2, 0) is 4.79 Å². The Morgan fingerprint density at radius 2 is 2.15 bits per heavy atom. The van der Waals surface area contributed by atoms with Crippen molar-refractivity contribution in [2.45, 2.75) is 0 Å². The van der Waals surface area contributed by atoms with Crippen molar-refractivity contribution in [2.24, 2.45) is 10.9 Å². The molecule has 0 bridgehead atoms. The first-order chi connectivity index (χ1) is 6.18. The summed E-state index contributed by atoms with van der Waals surface area (Å²) in [5.41, 5.74) is -0.00565. The molecule has 0 saturated heterocycles. The smallest absolute Gasteiger partial charge is 0.170 e. The predicted molar refractivity (Wildman–Crippen MR) is 43.5 cm³/mol. The monoisotopic (exact) mass is 181 g/mol. The lowest BCUT2D eigenvalue weighted by Crippen LogP contribution is -2.25. The lowest BCUT2D eigenvalue weighted by Gasteiger charge is -2.17. The first-order valence-corrected chi connectivity index (χ1v) is 3.71. The third-order valence-corrected chi connectivity index (χ3v) is 1.89. The normalized spacial score (nSPS) is 26.2. The summed E-state index contributed by atoms with van der Waals surface area (Å²) in [6.45, 7) is 0. The SMILES string of the molecule is O=C1C=CN=C2C(F)=CC(F)=CC12. The van der Waals surface area contributed by atoms with Crippen LogP contribution in [0.4, 0.5) is 8.78 Å². The molecule has 0 amide bonds. The Balaban J connectivity index is 2.50. The molecular formula is C9H5F2NO. The average molecular weight is 181 g/mol. The van der Waals surface area contributed by atoms with Crippen molar-refractivity contribution in [3.63, 3.8) is 0 Å². The van der Waals surface area contributed by atoms with Crippen LogP contribution in [0.3, 0.4) is 0 Å². The highest BCUT2D eigenvalue weighted by molar-refractivity contribution is 6.19. The third kappa shape index (κ3) is 1.24. The molecule has 0 fully saturated rings. The molecule has 4 heteroatoms. The van der Waals surface area contributed by atoms with Gasteiger partial charge in [0.05, 0.1) is 11.6 Å². The summed E-state index contributed by atoms with van der Waals surface area (Å²) in [5, 5.41) is 0. The van der Waals surface area contributed by atoms with Crippen LogP contribution in [0.5, 0.6) is 0 Å². The van der Waals surface area contributed by atoms with E-state index < -0.39 is 17.6 Å². The van der Waals surface area contributed by atoms with Gasteiger partial charge in [-0.15, -0.1) is 0 Å². The van der Waals surface area contributed by atoms with Crippen LogP contribution in [0.1, 0.15) is 0 Å². The zero-order chi connectivity index (χ0) is 9.42. The quantitative estimate of drug-likeness (QED) is 0.560. The van der Waals surface area contributed by atoms with Gasteiger partial charge >= 0.3 is 0 Å². The Bertz CT molecular complexity index is 390. The van der Waals surface area contributed by atoms with Gasteiger partial charge < -0.3 is 0 Å². The minimum Gasteiger partial charge on any atom is -0.294 e. The molecule has 66 valence electrons. The van der Waals surface area contributed by atoms with Gasteiger partial charge in [-0.1, -0.05) is 0 Å². The summed E-state index contributed by atoms with van der Waals surface area (Å²) in [7, 11) is 0. The number of fused-ring (bicyclic) bond motifs is 1. The third-order valence-electron chi connectivity index (χ3n) is 1.89. The van der Waals surface area contributed by atoms with E-state index >= 15 is 0 Å². The van der Waals surface area contributed by atoms with Crippen molar-refractivity contribution in [3.05, 3.63) is 36.1 Å². The molecule has 1 atom stereocenters. The molecule has 13 heavy (non-hydrogen) atoms. The highest BCUT2D eigenvalue weighted by Crippen LogP contribution is 2.25. The molecule has 2 rings (SSSR count). The van der Waals surface area contributed by atoms with Gasteiger partial charge in [0.1, 0.15) is 11.7 Å². The minimum absolute atomic E-state index is 0.00565. The van der Waals surface area contributed by atoms with Crippen molar-refractivity contribution in [1.29, 1.82) is 0 Å². The van der Waals surface area contributed by atoms with Crippen LogP contribution < -0.4 is 0 Å². The zero-order valence-corrected chi connectivity index (χ0v) is 6.50. The Hall–Kier alpha value is -1.58. The van der Waals surface area contributed by atoms with Crippen molar-refractivity contribution < 1.29 is 13.6 Å². The number of nitrogens with zero attached hydrogens (tertiary/aromatic N) is 1. The Kier molecular flexibility index (Phi) is 1.69. The maximum atomic E-state index is 13.0. The van der Waals surface area contributed by atoms with Gasteiger partial charge in [-0.25, -0.2) is 8.78 Å². The van der Waals surface area contributed by atoms with Crippen LogP contribution in [0.25, 0.3) is 0 Å². The number of halogens is 2. The van der Waals surface area contributed by atoms with Crippen molar-refractivity contribution in [2.75, 3.05) is 0 Å². The van der Waals surface area contributed by atoms with Gasteiger partial charge in [0.2, 0.25) is 0 Å². The van der Waals surface area contributed by atoms with Gasteiger partial charge in [0, 0.05) is 18.4 Å². The summed E-state index contributed by atoms with van der Waals surface area (Å²) in [4.78, 5) is 14.8. The molecule has 2 nitrogen and oxygen atoms in total. The Morgan fingerprint density at radius 3 is 2.92 bits per heavy atom. The number of rotatable bonds is 0.